The van der Waals surface area contributed by atoms with Crippen LogP contribution in [0.3, 0.4) is 0 Å². The van der Waals surface area contributed by atoms with Gasteiger partial charge in [-0.2, -0.15) is 5.26 Å². The molecule has 0 unspecified atom stereocenters. The summed E-state index contributed by atoms with van der Waals surface area (Å²) in [5, 5.41) is 11.6. The standard InChI is InChI=1S/C11H13N3O2/c1-2-16-11(15)6-7-13-10-5-3-4-9(8-12)14-10/h3-5H,2,6-7H2,1H3,(H,13,14). The highest BCUT2D eigenvalue weighted by atomic mass is 16.5. The lowest BCUT2D eigenvalue weighted by Crippen LogP contribution is -2.12. The van der Waals surface area contributed by atoms with E-state index in [-0.39, 0.29) is 12.4 Å². The maximum Gasteiger partial charge on any atom is 0.307 e. The fraction of sp³-hybridized carbons (Fsp3) is 0.364. The van der Waals surface area contributed by atoms with Crippen LogP contribution in [-0.4, -0.2) is 24.1 Å². The van der Waals surface area contributed by atoms with Gasteiger partial charge in [-0.25, -0.2) is 4.98 Å². The quantitative estimate of drug-likeness (QED) is 0.756. The Balaban J connectivity index is 2.37. The normalized spacial score (nSPS) is 9.25. The topological polar surface area (TPSA) is 75.0 Å². The molecule has 0 bridgehead atoms. The van der Waals surface area contributed by atoms with Crippen molar-refractivity contribution in [3.05, 3.63) is 23.9 Å². The molecule has 5 nitrogen and oxygen atoms in total. The lowest BCUT2D eigenvalue weighted by atomic mass is 10.3. The predicted molar refractivity (Wildman–Crippen MR) is 58.7 cm³/mol. The molecule has 1 heterocycles. The number of anilines is 1. The van der Waals surface area contributed by atoms with E-state index in [4.69, 9.17) is 10.00 Å². The Bertz CT molecular complexity index is 398. The van der Waals surface area contributed by atoms with Crippen molar-refractivity contribution in [3.8, 4) is 6.07 Å². The fourth-order valence-electron chi connectivity index (χ4n) is 1.12. The first-order valence-electron chi connectivity index (χ1n) is 5.03. The summed E-state index contributed by atoms with van der Waals surface area (Å²) in [6.45, 7) is 2.60. The third-order valence-electron chi connectivity index (χ3n) is 1.80. The molecular formula is C11H13N3O2. The van der Waals surface area contributed by atoms with E-state index in [2.05, 4.69) is 10.3 Å². The summed E-state index contributed by atoms with van der Waals surface area (Å²) in [7, 11) is 0. The van der Waals surface area contributed by atoms with Crippen LogP contribution in [-0.2, 0) is 9.53 Å². The van der Waals surface area contributed by atoms with Gasteiger partial charge < -0.3 is 10.1 Å². The summed E-state index contributed by atoms with van der Waals surface area (Å²) in [4.78, 5) is 15.0. The number of ether oxygens (including phenoxy) is 1. The minimum absolute atomic E-state index is 0.244. The zero-order chi connectivity index (χ0) is 11.8. The van der Waals surface area contributed by atoms with Crippen LogP contribution >= 0.6 is 0 Å². The van der Waals surface area contributed by atoms with Gasteiger partial charge in [0.25, 0.3) is 0 Å². The number of rotatable bonds is 5. The molecule has 0 spiro atoms. The summed E-state index contributed by atoms with van der Waals surface area (Å²) in [6.07, 6.45) is 0.284. The smallest absolute Gasteiger partial charge is 0.307 e. The first-order valence-corrected chi connectivity index (χ1v) is 5.03. The van der Waals surface area contributed by atoms with Gasteiger partial charge in [0, 0.05) is 6.54 Å². The largest absolute Gasteiger partial charge is 0.466 e. The van der Waals surface area contributed by atoms with Gasteiger partial charge in [0.05, 0.1) is 13.0 Å². The number of pyridine rings is 1. The number of hydrogen-bond donors (Lipinski definition) is 1. The van der Waals surface area contributed by atoms with Crippen molar-refractivity contribution in [3.63, 3.8) is 0 Å². The van der Waals surface area contributed by atoms with E-state index in [1.807, 2.05) is 6.07 Å². The molecule has 16 heavy (non-hydrogen) atoms. The van der Waals surface area contributed by atoms with Crippen molar-refractivity contribution in [1.29, 1.82) is 5.26 Å². The van der Waals surface area contributed by atoms with E-state index in [0.29, 0.717) is 24.7 Å². The van der Waals surface area contributed by atoms with Crippen molar-refractivity contribution in [2.75, 3.05) is 18.5 Å². The van der Waals surface area contributed by atoms with Crippen LogP contribution in [0, 0.1) is 11.3 Å². The number of nitrogens with zero attached hydrogens (tertiary/aromatic N) is 2. The molecule has 5 heteroatoms. The van der Waals surface area contributed by atoms with Crippen LogP contribution in [0.25, 0.3) is 0 Å². The zero-order valence-corrected chi connectivity index (χ0v) is 9.06. The van der Waals surface area contributed by atoms with Crippen LogP contribution < -0.4 is 5.32 Å². The average molecular weight is 219 g/mol. The molecule has 1 aromatic rings. The second-order valence-corrected chi connectivity index (χ2v) is 3.00. The average Bonchev–Trinajstić information content (AvgIpc) is 2.30. The summed E-state index contributed by atoms with van der Waals surface area (Å²) >= 11 is 0. The minimum atomic E-state index is -0.244. The second kappa shape index (κ2) is 6.40. The number of esters is 1. The number of carbonyl (C=O) groups excluding carboxylic acids is 1. The lowest BCUT2D eigenvalue weighted by molar-refractivity contribution is -0.142. The van der Waals surface area contributed by atoms with E-state index in [1.165, 1.54) is 0 Å². The maximum atomic E-state index is 11.0. The highest BCUT2D eigenvalue weighted by molar-refractivity contribution is 5.69. The van der Waals surface area contributed by atoms with Crippen molar-refractivity contribution in [1.82, 2.24) is 4.98 Å². The molecule has 0 radical (unpaired) electrons. The molecule has 0 saturated heterocycles. The third-order valence-corrected chi connectivity index (χ3v) is 1.80. The Hall–Kier alpha value is -2.09. The molecule has 0 aliphatic heterocycles. The number of aromatic nitrogens is 1. The Kier molecular flexibility index (Phi) is 4.80. The minimum Gasteiger partial charge on any atom is -0.466 e. The van der Waals surface area contributed by atoms with E-state index in [9.17, 15) is 4.79 Å². The molecule has 0 fully saturated rings. The zero-order valence-electron chi connectivity index (χ0n) is 9.06. The van der Waals surface area contributed by atoms with Crippen LogP contribution in [0.4, 0.5) is 5.82 Å². The van der Waals surface area contributed by atoms with Crippen LogP contribution in [0.1, 0.15) is 19.0 Å². The van der Waals surface area contributed by atoms with Crippen molar-refractivity contribution in [2.24, 2.45) is 0 Å². The third kappa shape index (κ3) is 3.96. The molecule has 0 atom stereocenters. The molecule has 84 valence electrons. The van der Waals surface area contributed by atoms with Gasteiger partial charge in [0.1, 0.15) is 17.6 Å². The van der Waals surface area contributed by atoms with Gasteiger partial charge in [-0.15, -0.1) is 0 Å². The van der Waals surface area contributed by atoms with Crippen molar-refractivity contribution < 1.29 is 9.53 Å². The Morgan fingerprint density at radius 3 is 3.12 bits per heavy atom. The van der Waals surface area contributed by atoms with Crippen LogP contribution in [0.15, 0.2) is 18.2 Å². The maximum absolute atomic E-state index is 11.0. The Labute approximate surface area is 94.1 Å². The van der Waals surface area contributed by atoms with E-state index in [0.717, 1.165) is 0 Å². The van der Waals surface area contributed by atoms with Crippen LogP contribution in [0.5, 0.6) is 0 Å². The molecule has 0 aliphatic carbocycles. The molecule has 0 amide bonds. The second-order valence-electron chi connectivity index (χ2n) is 3.00. The van der Waals surface area contributed by atoms with Gasteiger partial charge in [-0.1, -0.05) is 6.07 Å². The van der Waals surface area contributed by atoms with Gasteiger partial charge in [-0.05, 0) is 19.1 Å². The van der Waals surface area contributed by atoms with E-state index < -0.39 is 0 Å². The number of nitriles is 1. The van der Waals surface area contributed by atoms with Gasteiger partial charge in [-0.3, -0.25) is 4.79 Å². The Morgan fingerprint density at radius 1 is 1.62 bits per heavy atom. The lowest BCUT2D eigenvalue weighted by Gasteiger charge is -2.05. The van der Waals surface area contributed by atoms with Gasteiger partial charge >= 0.3 is 5.97 Å². The predicted octanol–water partition coefficient (Wildman–Crippen LogP) is 1.32. The highest BCUT2D eigenvalue weighted by Crippen LogP contribution is 2.03. The fourth-order valence-corrected chi connectivity index (χ4v) is 1.12. The van der Waals surface area contributed by atoms with E-state index >= 15 is 0 Å². The van der Waals surface area contributed by atoms with E-state index in [1.54, 1.807) is 25.1 Å². The van der Waals surface area contributed by atoms with Crippen molar-refractivity contribution in [2.45, 2.75) is 13.3 Å². The molecule has 1 rings (SSSR count). The molecule has 0 aromatic carbocycles. The van der Waals surface area contributed by atoms with Gasteiger partial charge in [0.15, 0.2) is 0 Å². The molecule has 0 aliphatic rings. The highest BCUT2D eigenvalue weighted by Gasteiger charge is 2.01. The monoisotopic (exact) mass is 219 g/mol. The first kappa shape index (κ1) is 12.0. The summed E-state index contributed by atoms with van der Waals surface area (Å²) in [5.74, 6) is 0.342. The number of hydrogen-bond acceptors (Lipinski definition) is 5. The summed E-state index contributed by atoms with van der Waals surface area (Å²) in [5.41, 5.74) is 0.348. The summed E-state index contributed by atoms with van der Waals surface area (Å²) in [6, 6.07) is 7.04. The number of nitrogens with one attached hydrogen (secondary N) is 1. The number of carbonyl (C=O) groups is 1. The molecule has 0 saturated carbocycles. The van der Waals surface area contributed by atoms with Crippen LogP contribution in [0.2, 0.25) is 0 Å². The molecule has 1 N–H and O–H groups in total. The molecular weight excluding hydrogens is 206 g/mol. The summed E-state index contributed by atoms with van der Waals surface area (Å²) < 4.78 is 4.77. The van der Waals surface area contributed by atoms with Crippen molar-refractivity contribution >= 4 is 11.8 Å². The molecule has 1 aromatic heterocycles. The SMILES string of the molecule is CCOC(=O)CCNc1cccc(C#N)n1. The van der Waals surface area contributed by atoms with Gasteiger partial charge in [0.2, 0.25) is 0 Å². The Morgan fingerprint density at radius 2 is 2.44 bits per heavy atom. The first-order chi connectivity index (χ1) is 7.76.